The fourth-order valence-corrected chi connectivity index (χ4v) is 4.14. The van der Waals surface area contributed by atoms with Gasteiger partial charge in [-0.25, -0.2) is 9.18 Å². The zero-order valence-corrected chi connectivity index (χ0v) is 17.1. The van der Waals surface area contributed by atoms with Crippen molar-refractivity contribution in [2.75, 3.05) is 20.3 Å². The first-order valence-corrected chi connectivity index (χ1v) is 10.0. The van der Waals surface area contributed by atoms with Crippen LogP contribution in [0.15, 0.2) is 48.5 Å². The molecule has 0 aliphatic rings. The fraction of sp³-hybridized carbons (Fsp3) is 0.273. The van der Waals surface area contributed by atoms with Gasteiger partial charge in [0.15, 0.2) is 6.61 Å². The molecule has 1 aromatic heterocycles. The molecular weight excluding hydrogens is 393 g/mol. The number of benzene rings is 2. The van der Waals surface area contributed by atoms with E-state index in [1.165, 1.54) is 13.2 Å². The number of carbonyl (C=O) groups excluding carboxylic acids is 2. The second-order valence-corrected chi connectivity index (χ2v) is 7.70. The molecule has 7 heteroatoms. The van der Waals surface area contributed by atoms with Crippen molar-refractivity contribution in [2.24, 2.45) is 0 Å². The van der Waals surface area contributed by atoms with E-state index in [4.69, 9.17) is 9.47 Å². The Labute approximate surface area is 172 Å². The normalized spacial score (nSPS) is 12.0. The third kappa shape index (κ3) is 4.99. The first-order valence-electron chi connectivity index (χ1n) is 9.18. The van der Waals surface area contributed by atoms with E-state index in [1.54, 1.807) is 12.1 Å². The molecule has 0 saturated carbocycles. The molecule has 0 bridgehead atoms. The van der Waals surface area contributed by atoms with Crippen molar-refractivity contribution in [2.45, 2.75) is 19.4 Å². The number of nitrogens with one attached hydrogen (secondary N) is 1. The smallest absolute Gasteiger partial charge is 0.349 e. The van der Waals surface area contributed by atoms with E-state index in [2.05, 4.69) is 5.32 Å². The monoisotopic (exact) mass is 415 g/mol. The molecule has 5 nitrogen and oxygen atoms in total. The van der Waals surface area contributed by atoms with Crippen LogP contribution in [0.2, 0.25) is 0 Å². The number of thiophene rings is 1. The molecule has 1 amide bonds. The summed E-state index contributed by atoms with van der Waals surface area (Å²) in [6.45, 7) is 2.11. The number of esters is 1. The number of ether oxygens (including phenoxy) is 2. The molecule has 2 aromatic carbocycles. The summed E-state index contributed by atoms with van der Waals surface area (Å²) in [5, 5.41) is 3.12. The Balaban J connectivity index is 1.61. The maximum absolute atomic E-state index is 14.2. The second-order valence-electron chi connectivity index (χ2n) is 6.65. The minimum Gasteiger partial charge on any atom is -0.451 e. The number of fused-ring (bicyclic) bond motifs is 1. The van der Waals surface area contributed by atoms with Gasteiger partial charge in [-0.2, -0.15) is 0 Å². The molecule has 3 rings (SSSR count). The molecule has 0 aliphatic heterocycles. The molecule has 1 heterocycles. The van der Waals surface area contributed by atoms with Crippen LogP contribution < -0.4 is 5.32 Å². The summed E-state index contributed by atoms with van der Waals surface area (Å²) >= 11 is 1.13. The molecule has 0 spiro atoms. The van der Waals surface area contributed by atoms with E-state index in [-0.39, 0.29) is 23.3 Å². The van der Waals surface area contributed by atoms with Crippen molar-refractivity contribution in [3.8, 4) is 0 Å². The molecule has 0 aliphatic carbocycles. The molecule has 3 aromatic rings. The number of amides is 1. The van der Waals surface area contributed by atoms with Gasteiger partial charge in [0.1, 0.15) is 10.7 Å². The van der Waals surface area contributed by atoms with E-state index < -0.39 is 18.4 Å². The lowest BCUT2D eigenvalue weighted by atomic mass is 10.0. The van der Waals surface area contributed by atoms with Crippen molar-refractivity contribution in [1.29, 1.82) is 0 Å². The van der Waals surface area contributed by atoms with Crippen LogP contribution in [-0.4, -0.2) is 32.1 Å². The SMILES string of the molecule is COCc1c(C(=O)OCC(=O)NC[C@H](C)c2ccccc2)sc2cccc(F)c12. The van der Waals surface area contributed by atoms with Crippen molar-refractivity contribution in [3.63, 3.8) is 0 Å². The number of halogens is 1. The van der Waals surface area contributed by atoms with Gasteiger partial charge in [-0.1, -0.05) is 43.3 Å². The number of hydrogen-bond acceptors (Lipinski definition) is 5. The first-order chi connectivity index (χ1) is 14.0. The van der Waals surface area contributed by atoms with Gasteiger partial charge in [-0.3, -0.25) is 4.79 Å². The van der Waals surface area contributed by atoms with Crippen LogP contribution in [0, 0.1) is 5.82 Å². The van der Waals surface area contributed by atoms with Gasteiger partial charge in [0.25, 0.3) is 5.91 Å². The zero-order valence-electron chi connectivity index (χ0n) is 16.2. The van der Waals surface area contributed by atoms with Crippen LogP contribution in [0.25, 0.3) is 10.1 Å². The van der Waals surface area contributed by atoms with Crippen molar-refractivity contribution >= 4 is 33.3 Å². The summed E-state index contributed by atoms with van der Waals surface area (Å²) in [5.74, 6) is -1.34. The molecule has 1 atom stereocenters. The molecule has 1 N–H and O–H groups in total. The van der Waals surface area contributed by atoms with Gasteiger partial charge < -0.3 is 14.8 Å². The summed E-state index contributed by atoms with van der Waals surface area (Å²) in [7, 11) is 1.47. The van der Waals surface area contributed by atoms with E-state index in [0.717, 1.165) is 16.9 Å². The van der Waals surface area contributed by atoms with E-state index in [0.29, 0.717) is 22.2 Å². The Morgan fingerprint density at radius 3 is 2.62 bits per heavy atom. The summed E-state index contributed by atoms with van der Waals surface area (Å²) in [4.78, 5) is 24.8. The number of rotatable bonds is 8. The lowest BCUT2D eigenvalue weighted by molar-refractivity contribution is -0.124. The molecule has 0 fully saturated rings. The van der Waals surface area contributed by atoms with Gasteiger partial charge in [0.2, 0.25) is 0 Å². The Hall–Kier alpha value is -2.77. The lowest BCUT2D eigenvalue weighted by Crippen LogP contribution is -2.31. The van der Waals surface area contributed by atoms with E-state index in [9.17, 15) is 14.0 Å². The number of methoxy groups -OCH3 is 1. The molecule has 0 unspecified atom stereocenters. The van der Waals surface area contributed by atoms with Crippen molar-refractivity contribution in [1.82, 2.24) is 5.32 Å². The summed E-state index contributed by atoms with van der Waals surface area (Å²) in [5.41, 5.74) is 1.55. The van der Waals surface area contributed by atoms with E-state index >= 15 is 0 Å². The van der Waals surface area contributed by atoms with Crippen LogP contribution in [0.5, 0.6) is 0 Å². The highest BCUT2D eigenvalue weighted by molar-refractivity contribution is 7.21. The number of carbonyl (C=O) groups is 2. The third-order valence-electron chi connectivity index (χ3n) is 4.55. The summed E-state index contributed by atoms with van der Waals surface area (Å²) in [6.07, 6.45) is 0. The molecule has 0 radical (unpaired) electrons. The topological polar surface area (TPSA) is 64.6 Å². The predicted molar refractivity (Wildman–Crippen MR) is 111 cm³/mol. The van der Waals surface area contributed by atoms with Crippen LogP contribution in [0.3, 0.4) is 0 Å². The van der Waals surface area contributed by atoms with Gasteiger partial charge >= 0.3 is 5.97 Å². The van der Waals surface area contributed by atoms with Crippen LogP contribution >= 0.6 is 11.3 Å². The largest absolute Gasteiger partial charge is 0.451 e. The Morgan fingerprint density at radius 1 is 1.14 bits per heavy atom. The third-order valence-corrected chi connectivity index (χ3v) is 5.72. The lowest BCUT2D eigenvalue weighted by Gasteiger charge is -2.13. The van der Waals surface area contributed by atoms with Crippen LogP contribution in [0.1, 0.15) is 33.6 Å². The highest BCUT2D eigenvalue weighted by Crippen LogP contribution is 2.34. The van der Waals surface area contributed by atoms with Crippen molar-refractivity contribution < 1.29 is 23.5 Å². The Morgan fingerprint density at radius 2 is 1.90 bits per heavy atom. The molecule has 0 saturated heterocycles. The van der Waals surface area contributed by atoms with Crippen molar-refractivity contribution in [3.05, 3.63) is 70.4 Å². The van der Waals surface area contributed by atoms with E-state index in [1.807, 2.05) is 37.3 Å². The first kappa shape index (κ1) is 21.0. The molecule has 152 valence electrons. The second kappa shape index (κ2) is 9.62. The number of hydrogen-bond donors (Lipinski definition) is 1. The van der Waals surface area contributed by atoms with Gasteiger partial charge in [0, 0.05) is 29.3 Å². The minimum atomic E-state index is -0.663. The molecular formula is C22H22FNO4S. The minimum absolute atomic E-state index is 0.0755. The highest BCUT2D eigenvalue weighted by Gasteiger charge is 2.22. The maximum atomic E-state index is 14.2. The van der Waals surface area contributed by atoms with Crippen LogP contribution in [0.4, 0.5) is 4.39 Å². The standard InChI is InChI=1S/C22H22FNO4S/c1-14(15-7-4-3-5-8-15)11-24-19(25)13-28-22(26)21-16(12-27-2)20-17(23)9-6-10-18(20)29-21/h3-10,14H,11-13H2,1-2H3,(H,24,25)/t14-/m0/s1. The quantitative estimate of drug-likeness (QED) is 0.558. The Kier molecular flexibility index (Phi) is 6.95. The predicted octanol–water partition coefficient (Wildman–Crippen LogP) is 4.26. The average Bonchev–Trinajstić information content (AvgIpc) is 3.11. The molecule has 29 heavy (non-hydrogen) atoms. The Bertz CT molecular complexity index is 1000. The highest BCUT2D eigenvalue weighted by atomic mass is 32.1. The zero-order chi connectivity index (χ0) is 20.8. The van der Waals surface area contributed by atoms with Gasteiger partial charge in [-0.15, -0.1) is 11.3 Å². The maximum Gasteiger partial charge on any atom is 0.349 e. The summed E-state index contributed by atoms with van der Waals surface area (Å²) < 4.78 is 25.1. The fourth-order valence-electron chi connectivity index (χ4n) is 3.03. The van der Waals surface area contributed by atoms with Gasteiger partial charge in [-0.05, 0) is 23.6 Å². The van der Waals surface area contributed by atoms with Gasteiger partial charge in [0.05, 0.1) is 6.61 Å². The average molecular weight is 415 g/mol. The van der Waals surface area contributed by atoms with Crippen LogP contribution in [-0.2, 0) is 20.9 Å². The summed E-state index contributed by atoms with van der Waals surface area (Å²) in [6, 6.07) is 14.5.